The summed E-state index contributed by atoms with van der Waals surface area (Å²) in [5, 5.41) is 27.2. The molecule has 0 heterocycles. The predicted molar refractivity (Wildman–Crippen MR) is 541 cm³/mol. The Morgan fingerprint density at radius 2 is 0.331 bits per heavy atom. The molecule has 11 heteroatoms. The second-order valence-corrected chi connectivity index (χ2v) is 46.6. The molecular weight excluding hydrogens is 1800 g/mol. The molecule has 121 heavy (non-hydrogen) atoms. The number of nitrogens with zero attached hydrogens (tertiary/aromatic N) is 1. The zero-order chi connectivity index (χ0) is 86.5. The van der Waals surface area contributed by atoms with Crippen LogP contribution in [0.3, 0.4) is 0 Å². The van der Waals surface area contributed by atoms with Gasteiger partial charge in [0.2, 0.25) is 0 Å². The van der Waals surface area contributed by atoms with Crippen LogP contribution < -0.4 is 63.7 Å². The van der Waals surface area contributed by atoms with E-state index in [4.69, 9.17) is 38.8 Å². The first kappa shape index (κ1) is 92.8. The third-order valence-corrected chi connectivity index (χ3v) is 31.8. The second-order valence-electron chi connectivity index (χ2n) is 32.6. The van der Waals surface area contributed by atoms with Gasteiger partial charge in [0.25, 0.3) is 0 Å². The van der Waals surface area contributed by atoms with E-state index in [1.54, 1.807) is 0 Å². The Kier molecular flexibility index (Phi) is 33.0. The van der Waals surface area contributed by atoms with Gasteiger partial charge in [-0.15, -0.1) is 0 Å². The summed E-state index contributed by atoms with van der Waals surface area (Å²) in [4.78, 5) is 2.38. The molecule has 0 saturated carbocycles. The fourth-order valence-corrected chi connectivity index (χ4v) is 29.3. The van der Waals surface area contributed by atoms with Crippen LogP contribution in [0.4, 0.5) is 0 Å². The fourth-order valence-electron chi connectivity index (χ4n) is 17.9. The van der Waals surface area contributed by atoms with Crippen molar-refractivity contribution in [1.82, 2.24) is 4.90 Å². The van der Waals surface area contributed by atoms with Gasteiger partial charge in [0.15, 0.2) is 0 Å². The van der Waals surface area contributed by atoms with Crippen molar-refractivity contribution < 1.29 is 30.3 Å². The van der Waals surface area contributed by atoms with Crippen LogP contribution in [0.1, 0.15) is 110 Å². The number of hydrogen-bond acceptors (Lipinski definition) is 1. The average Bonchev–Trinajstić information content (AvgIpc) is 0.732. The van der Waals surface area contributed by atoms with Crippen molar-refractivity contribution in [2.75, 3.05) is 19.6 Å². The summed E-state index contributed by atoms with van der Waals surface area (Å²) in [6.45, 7) is 46.1. The van der Waals surface area contributed by atoms with E-state index >= 15 is 0 Å². The van der Waals surface area contributed by atoms with Crippen molar-refractivity contribution in [3.05, 3.63) is 380 Å². The Morgan fingerprint density at radius 1 is 0.198 bits per heavy atom. The molecule has 0 aliphatic heterocycles. The fraction of sp³-hybridized carbons (Fsp3) is 0.200. The molecule has 0 aromatic heterocycles. The summed E-state index contributed by atoms with van der Waals surface area (Å²) in [5.74, 6) is 0. The van der Waals surface area contributed by atoms with Crippen LogP contribution in [-0.4, -0.2) is 24.5 Å². The number of aryl methyl sites for hydroxylation is 16. The molecule has 0 bridgehead atoms. The van der Waals surface area contributed by atoms with Gasteiger partial charge in [-0.2, -0.15) is 0 Å². The monoisotopic (exact) mass is 1910 g/mol. The summed E-state index contributed by atoms with van der Waals surface area (Å²) in [6, 6.07) is 113. The van der Waals surface area contributed by atoms with Crippen molar-refractivity contribution >= 4 is 177 Å². The summed E-state index contributed by atoms with van der Waals surface area (Å²) in [5.41, 5.74) is 26.4. The Labute approximate surface area is 758 Å². The van der Waals surface area contributed by atoms with E-state index in [2.05, 4.69) is 428 Å². The molecule has 0 atom stereocenters. The van der Waals surface area contributed by atoms with Crippen molar-refractivity contribution in [3.63, 3.8) is 0 Å². The molecule has 0 aliphatic carbocycles. The standard InChI is InChI=1S/2C52H48P2.C6H15N.4ClH.2Ru/c2*1-33-21-34(2)26-43(25-33)53(44-27-35(3)22-36(4)28-44)49-19-17-41-13-9-11-15-47(41)51(49)52-48-16-12-10-14-42(48)18-20-50(52)54(45-29-37(5)23-38(6)30-45)46-31-39(7)24-40(8)32-46;1-4-7(5-2)6-3;;;;;;/h2*9-32H,1-8H3;4-6H2,1-3H3;4*1H;;/q;;;;;;;2*+2/p-4. The molecule has 16 aromatic carbocycles. The van der Waals surface area contributed by atoms with E-state index in [1.807, 2.05) is 0 Å². The first-order chi connectivity index (χ1) is 58.2. The maximum atomic E-state index is 4.85. The van der Waals surface area contributed by atoms with Crippen LogP contribution in [0, 0.1) is 111 Å². The molecular formula is C110H111Cl4NP4Ru2. The second kappa shape index (κ2) is 43.0. The molecule has 0 radical (unpaired) electrons. The van der Waals surface area contributed by atoms with E-state index in [0.717, 1.165) is 0 Å². The maximum absolute atomic E-state index is 4.85. The molecule has 16 aromatic rings. The van der Waals surface area contributed by atoms with E-state index in [9.17, 15) is 0 Å². The van der Waals surface area contributed by atoms with Gasteiger partial charge in [0.1, 0.15) is 0 Å². The van der Waals surface area contributed by atoms with Crippen molar-refractivity contribution in [3.8, 4) is 22.3 Å². The van der Waals surface area contributed by atoms with Crippen LogP contribution in [0.15, 0.2) is 291 Å². The van der Waals surface area contributed by atoms with Gasteiger partial charge in [-0.25, -0.2) is 0 Å². The zero-order valence-corrected chi connectivity index (χ0v) is 83.4. The molecule has 0 N–H and O–H groups in total. The Morgan fingerprint density at radius 3 is 0.455 bits per heavy atom. The first-order valence-electron chi connectivity index (χ1n) is 41.6. The number of hydrogen-bond donors (Lipinski definition) is 0. The van der Waals surface area contributed by atoms with Crippen molar-refractivity contribution in [1.29, 1.82) is 0 Å². The molecule has 0 unspecified atom stereocenters. The molecule has 0 aliphatic rings. The summed E-state index contributed by atoms with van der Waals surface area (Å²) < 4.78 is 0. The summed E-state index contributed by atoms with van der Waals surface area (Å²) in [7, 11) is 15.7. The van der Waals surface area contributed by atoms with Crippen LogP contribution in [0.2, 0.25) is 0 Å². The number of halogens is 4. The van der Waals surface area contributed by atoms with Crippen LogP contribution in [0.25, 0.3) is 65.3 Å². The normalized spacial score (nSPS) is 11.4. The van der Waals surface area contributed by atoms with Crippen LogP contribution in [-0.2, 0) is 30.3 Å². The molecule has 0 amide bonds. The van der Waals surface area contributed by atoms with Gasteiger partial charge in [0, 0.05) is 0 Å². The van der Waals surface area contributed by atoms with Gasteiger partial charge < -0.3 is 4.90 Å². The average molecular weight is 1910 g/mol. The first-order valence-corrected chi connectivity index (χ1v) is 55.9. The molecule has 0 saturated heterocycles. The number of rotatable bonds is 17. The Balaban J connectivity index is 0.000000194. The van der Waals surface area contributed by atoms with Crippen LogP contribution >= 0.6 is 70.5 Å². The molecule has 620 valence electrons. The van der Waals surface area contributed by atoms with Crippen molar-refractivity contribution in [2.24, 2.45) is 0 Å². The quantitative estimate of drug-likeness (QED) is 0.0649. The van der Waals surface area contributed by atoms with Gasteiger partial charge >= 0.3 is 69.1 Å². The van der Waals surface area contributed by atoms with Gasteiger partial charge in [-0.3, -0.25) is 0 Å². The Hall–Kier alpha value is -7.35. The van der Waals surface area contributed by atoms with E-state index in [0.29, 0.717) is 0 Å². The van der Waals surface area contributed by atoms with Gasteiger partial charge in [0.05, 0.1) is 0 Å². The summed E-state index contributed by atoms with van der Waals surface area (Å²) >= 11 is -0.691. The van der Waals surface area contributed by atoms with Crippen molar-refractivity contribution in [2.45, 2.75) is 132 Å². The van der Waals surface area contributed by atoms with E-state index < -0.39 is 31.7 Å². The SMILES string of the molecule is CCN(CC)CC.Cc1cc(C)cc(P(c2cc(C)cc(C)c2)c2ccc3ccccc3c2-c2c(P(c3cc(C)cc(C)c3)c3cc(C)cc(C)c3)ccc3ccccc23)c1.Cc1cc(C)cc(P(c2cc(C)cc(C)c2)c2ccc3ccccc3c2-c2c(P(c3cc(C)cc(C)c3)c3cc(C)cc(C)c3)ccc3ccccc23)c1.[Cl][Ru][Cl].[Cl][Ru][Cl]. The number of benzene rings is 16. The predicted octanol–water partition coefficient (Wildman–Crippen LogP) is 27.4. The minimum absolute atomic E-state index is 0.346. The third-order valence-electron chi connectivity index (χ3n) is 22.2. The van der Waals surface area contributed by atoms with E-state index in [1.165, 1.54) is 238 Å². The molecule has 0 spiro atoms. The zero-order valence-electron chi connectivity index (χ0n) is 73.3. The van der Waals surface area contributed by atoms with Gasteiger partial charge in [-0.05, 0) is 291 Å². The number of fused-ring (bicyclic) bond motifs is 4. The minimum atomic E-state index is -0.937. The van der Waals surface area contributed by atoms with Gasteiger partial charge in [-0.1, -0.05) is 401 Å². The topological polar surface area (TPSA) is 3.24 Å². The molecule has 16 rings (SSSR count). The summed E-state index contributed by atoms with van der Waals surface area (Å²) in [6.07, 6.45) is 0. The molecule has 0 fully saturated rings. The molecule has 1 nitrogen and oxygen atoms in total. The van der Waals surface area contributed by atoms with E-state index in [-0.39, 0.29) is 30.3 Å². The third kappa shape index (κ3) is 22.7. The Bertz CT molecular complexity index is 5260. The van der Waals surface area contributed by atoms with Crippen LogP contribution in [0.5, 0.6) is 0 Å².